The summed E-state index contributed by atoms with van der Waals surface area (Å²) in [5, 5.41) is 27.0. The first-order valence-corrected chi connectivity index (χ1v) is 10.7. The quantitative estimate of drug-likeness (QED) is 0.500. The van der Waals surface area contributed by atoms with E-state index in [9.17, 15) is 24.3 Å². The average molecular weight is 473 g/mol. The molecule has 188 valence electrons. The number of carbonyl (C=O) groups excluding carboxylic acids is 4. The molecule has 2 heterocycles. The number of aliphatic hydroxyl groups excluding tert-OH is 3. The summed E-state index contributed by atoms with van der Waals surface area (Å²) in [6.07, 6.45) is 1.54. The molecule has 0 aliphatic carbocycles. The predicted octanol–water partition coefficient (Wildman–Crippen LogP) is 0.641. The Labute approximate surface area is 193 Å². The fraction of sp³-hybridized carbons (Fsp3) is 0.727. The van der Waals surface area contributed by atoms with Gasteiger partial charge in [-0.05, 0) is 41.5 Å². The Morgan fingerprint density at radius 3 is 1.82 bits per heavy atom. The number of β-amino-alcohol motifs (C(OH)–C–C–N with tert-alkyl or cyclic N) is 1. The fourth-order valence-electron chi connectivity index (χ4n) is 3.15. The summed E-state index contributed by atoms with van der Waals surface area (Å²) >= 11 is 0. The van der Waals surface area contributed by atoms with Crippen LogP contribution in [-0.4, -0.2) is 105 Å². The lowest BCUT2D eigenvalue weighted by Crippen LogP contribution is -2.44. The van der Waals surface area contributed by atoms with Crippen LogP contribution in [0.25, 0.3) is 0 Å². The number of likely N-dealkylation sites (tertiary alicyclic amines) is 1. The van der Waals surface area contributed by atoms with Crippen molar-refractivity contribution in [3.8, 4) is 0 Å². The molecule has 0 spiro atoms. The first-order valence-electron chi connectivity index (χ1n) is 10.7. The van der Waals surface area contributed by atoms with E-state index in [0.29, 0.717) is 6.54 Å². The highest BCUT2D eigenvalue weighted by Gasteiger charge is 2.40. The molecule has 3 atom stereocenters. The molecule has 11 heteroatoms. The topological polar surface area (TPSA) is 154 Å². The molecule has 11 nitrogen and oxygen atoms in total. The molecular weight excluding hydrogens is 436 g/mol. The van der Waals surface area contributed by atoms with Gasteiger partial charge in [0.2, 0.25) is 0 Å². The van der Waals surface area contributed by atoms with Crippen LogP contribution in [0.15, 0.2) is 12.2 Å². The Bertz CT molecular complexity index is 752. The van der Waals surface area contributed by atoms with Crippen molar-refractivity contribution in [2.45, 2.75) is 77.4 Å². The SMILES string of the molecule is CC(C)(C)OC(=O)N1CC=C[C@H]1C(=O)CO.CC(C)(C)OC(=O)N1C[C@H](O)C[C@H]1C(=O)CO. The summed E-state index contributed by atoms with van der Waals surface area (Å²) in [6, 6.07) is -1.48. The minimum Gasteiger partial charge on any atom is -0.444 e. The highest BCUT2D eigenvalue weighted by molar-refractivity contribution is 5.91. The van der Waals surface area contributed by atoms with Gasteiger partial charge in [0.15, 0.2) is 11.6 Å². The maximum absolute atomic E-state index is 11.8. The van der Waals surface area contributed by atoms with E-state index in [1.165, 1.54) is 9.80 Å². The van der Waals surface area contributed by atoms with Crippen LogP contribution in [-0.2, 0) is 19.1 Å². The number of ether oxygens (including phenoxy) is 2. The number of ketones is 2. The minimum absolute atomic E-state index is 0.0608. The molecule has 2 aliphatic rings. The number of Topliss-reactive ketones (excluding diaryl/α,β-unsaturated/α-hetero) is 2. The lowest BCUT2D eigenvalue weighted by molar-refractivity contribution is -0.126. The lowest BCUT2D eigenvalue weighted by atomic mass is 10.1. The third-order valence-corrected chi connectivity index (χ3v) is 4.50. The summed E-state index contributed by atoms with van der Waals surface area (Å²) in [5.74, 6) is -0.882. The van der Waals surface area contributed by atoms with Crippen LogP contribution in [0.1, 0.15) is 48.0 Å². The standard InChI is InChI=1S/C11H19NO5.C11H17NO4/c1-11(2,3)17-10(16)12-5-7(14)4-8(12)9(15)6-13;1-11(2,3)16-10(15)12-6-4-5-8(12)9(14)7-13/h7-8,13-14H,4-6H2,1-3H3;4-5,8,13H,6-7H2,1-3H3/t7-,8+;8-/m10/s1. The van der Waals surface area contributed by atoms with Crippen molar-refractivity contribution in [1.29, 1.82) is 0 Å². The van der Waals surface area contributed by atoms with Crippen LogP contribution in [0.3, 0.4) is 0 Å². The summed E-state index contributed by atoms with van der Waals surface area (Å²) in [6.45, 7) is 9.63. The van der Waals surface area contributed by atoms with Gasteiger partial charge in [0, 0.05) is 13.0 Å². The number of hydrogen-bond acceptors (Lipinski definition) is 9. The molecular formula is C22H36N2O9. The zero-order valence-corrected chi connectivity index (χ0v) is 20.1. The van der Waals surface area contributed by atoms with Crippen LogP contribution in [0.5, 0.6) is 0 Å². The highest BCUT2D eigenvalue weighted by Crippen LogP contribution is 2.22. The second kappa shape index (κ2) is 11.6. The molecule has 0 bridgehead atoms. The number of nitrogens with zero attached hydrogens (tertiary/aromatic N) is 2. The van der Waals surface area contributed by atoms with Gasteiger partial charge in [-0.15, -0.1) is 0 Å². The zero-order valence-electron chi connectivity index (χ0n) is 20.1. The van der Waals surface area contributed by atoms with E-state index in [2.05, 4.69) is 0 Å². The summed E-state index contributed by atoms with van der Waals surface area (Å²) in [7, 11) is 0. The van der Waals surface area contributed by atoms with Crippen LogP contribution in [0, 0.1) is 0 Å². The molecule has 0 saturated carbocycles. The Morgan fingerprint density at radius 1 is 0.879 bits per heavy atom. The monoisotopic (exact) mass is 472 g/mol. The van der Waals surface area contributed by atoms with Crippen LogP contribution in [0.4, 0.5) is 9.59 Å². The van der Waals surface area contributed by atoms with Crippen LogP contribution >= 0.6 is 0 Å². The largest absolute Gasteiger partial charge is 0.444 e. The molecule has 0 radical (unpaired) electrons. The van der Waals surface area contributed by atoms with Crippen molar-refractivity contribution in [3.05, 3.63) is 12.2 Å². The van der Waals surface area contributed by atoms with Crippen molar-refractivity contribution in [1.82, 2.24) is 9.80 Å². The van der Waals surface area contributed by atoms with Crippen molar-refractivity contribution in [2.75, 3.05) is 26.3 Å². The number of aliphatic hydroxyl groups is 3. The van der Waals surface area contributed by atoms with Gasteiger partial charge < -0.3 is 24.8 Å². The lowest BCUT2D eigenvalue weighted by Gasteiger charge is -2.27. The Kier molecular flexibility index (Phi) is 10.0. The molecule has 1 fully saturated rings. The number of rotatable bonds is 4. The highest BCUT2D eigenvalue weighted by atomic mass is 16.6. The Hall–Kier alpha value is -2.50. The van der Waals surface area contributed by atoms with Gasteiger partial charge in [-0.2, -0.15) is 0 Å². The van der Waals surface area contributed by atoms with Gasteiger partial charge in [0.05, 0.1) is 18.7 Å². The molecule has 33 heavy (non-hydrogen) atoms. The summed E-state index contributed by atoms with van der Waals surface area (Å²) < 4.78 is 10.3. The van der Waals surface area contributed by atoms with Gasteiger partial charge >= 0.3 is 12.2 Å². The Morgan fingerprint density at radius 2 is 1.36 bits per heavy atom. The van der Waals surface area contributed by atoms with E-state index in [4.69, 9.17) is 19.7 Å². The van der Waals surface area contributed by atoms with Gasteiger partial charge in [-0.1, -0.05) is 12.2 Å². The zero-order chi connectivity index (χ0) is 25.6. The molecule has 1 saturated heterocycles. The van der Waals surface area contributed by atoms with E-state index in [-0.39, 0.29) is 13.0 Å². The van der Waals surface area contributed by atoms with Crippen LogP contribution in [0.2, 0.25) is 0 Å². The molecule has 0 aromatic rings. The van der Waals surface area contributed by atoms with Crippen LogP contribution < -0.4 is 0 Å². The summed E-state index contributed by atoms with van der Waals surface area (Å²) in [4.78, 5) is 48.8. The fourth-order valence-corrected chi connectivity index (χ4v) is 3.15. The average Bonchev–Trinajstić information content (AvgIpc) is 3.31. The van der Waals surface area contributed by atoms with E-state index in [1.807, 2.05) is 0 Å². The number of carbonyl (C=O) groups is 4. The molecule has 0 unspecified atom stereocenters. The third-order valence-electron chi connectivity index (χ3n) is 4.50. The summed E-state index contributed by atoms with van der Waals surface area (Å²) in [5.41, 5.74) is -1.25. The second-order valence-corrected chi connectivity index (χ2v) is 9.79. The van der Waals surface area contributed by atoms with Crippen molar-refractivity contribution >= 4 is 23.8 Å². The smallest absolute Gasteiger partial charge is 0.411 e. The number of amides is 2. The van der Waals surface area contributed by atoms with E-state index in [1.54, 1.807) is 53.7 Å². The van der Waals surface area contributed by atoms with Gasteiger partial charge in [0.25, 0.3) is 0 Å². The third kappa shape index (κ3) is 9.10. The maximum atomic E-state index is 11.8. The molecule has 2 amide bonds. The molecule has 3 N–H and O–H groups in total. The molecule has 2 aliphatic heterocycles. The van der Waals surface area contributed by atoms with Crippen molar-refractivity contribution in [3.63, 3.8) is 0 Å². The molecule has 2 rings (SSSR count). The van der Waals surface area contributed by atoms with E-state index in [0.717, 1.165) is 0 Å². The van der Waals surface area contributed by atoms with Gasteiger partial charge in [-0.25, -0.2) is 9.59 Å². The first kappa shape index (κ1) is 28.5. The molecule has 0 aromatic heterocycles. The van der Waals surface area contributed by atoms with Crippen molar-refractivity contribution in [2.24, 2.45) is 0 Å². The minimum atomic E-state index is -0.787. The van der Waals surface area contributed by atoms with Gasteiger partial charge in [0.1, 0.15) is 30.5 Å². The van der Waals surface area contributed by atoms with E-state index < -0.39 is 66.4 Å². The first-order chi connectivity index (χ1) is 15.1. The second-order valence-electron chi connectivity index (χ2n) is 9.79. The van der Waals surface area contributed by atoms with Crippen molar-refractivity contribution < 1.29 is 44.0 Å². The molecule has 0 aromatic carbocycles. The van der Waals surface area contributed by atoms with Gasteiger partial charge in [-0.3, -0.25) is 19.4 Å². The normalized spacial score (nSPS) is 22.5. The Balaban J connectivity index is 0.000000331. The van der Waals surface area contributed by atoms with E-state index >= 15 is 0 Å². The number of hydrogen-bond donors (Lipinski definition) is 3. The predicted molar refractivity (Wildman–Crippen MR) is 117 cm³/mol. The maximum Gasteiger partial charge on any atom is 0.411 e.